The Morgan fingerprint density at radius 1 is 1.15 bits per heavy atom. The van der Waals surface area contributed by atoms with Gasteiger partial charge in [-0.15, -0.1) is 0 Å². The minimum absolute atomic E-state index is 0.0687. The number of aryl methyl sites for hydroxylation is 1. The lowest BCUT2D eigenvalue weighted by Crippen LogP contribution is -2.28. The van der Waals surface area contributed by atoms with Crippen LogP contribution in [0.5, 0.6) is 0 Å². The van der Waals surface area contributed by atoms with Gasteiger partial charge in [0.1, 0.15) is 0 Å². The van der Waals surface area contributed by atoms with Gasteiger partial charge in [-0.05, 0) is 43.5 Å². The molecule has 2 aromatic rings. The molecule has 0 atom stereocenters. The lowest BCUT2D eigenvalue weighted by atomic mass is 10.1. The van der Waals surface area contributed by atoms with Crippen LogP contribution in [0.1, 0.15) is 28.8 Å². The van der Waals surface area contributed by atoms with E-state index in [4.69, 9.17) is 0 Å². The molecule has 1 heterocycles. The van der Waals surface area contributed by atoms with Crippen molar-refractivity contribution in [3.8, 4) is 0 Å². The molecular formula is C18H19N3O5S. The molecule has 0 aromatic heterocycles. The second-order valence-electron chi connectivity index (χ2n) is 6.35. The summed E-state index contributed by atoms with van der Waals surface area (Å²) in [7, 11) is -3.64. The minimum atomic E-state index is -3.64. The number of rotatable bonds is 5. The number of sulfonamides is 1. The molecule has 0 aliphatic carbocycles. The number of anilines is 1. The monoisotopic (exact) mass is 389 g/mol. The highest BCUT2D eigenvalue weighted by molar-refractivity contribution is 7.89. The van der Waals surface area contributed by atoms with Gasteiger partial charge in [0, 0.05) is 36.5 Å². The van der Waals surface area contributed by atoms with E-state index in [1.54, 1.807) is 13.0 Å². The van der Waals surface area contributed by atoms with E-state index in [-0.39, 0.29) is 21.8 Å². The molecule has 0 unspecified atom stereocenters. The highest BCUT2D eigenvalue weighted by Gasteiger charge is 2.28. The van der Waals surface area contributed by atoms with Crippen molar-refractivity contribution in [1.82, 2.24) is 4.31 Å². The zero-order valence-electron chi connectivity index (χ0n) is 14.7. The first-order chi connectivity index (χ1) is 12.8. The van der Waals surface area contributed by atoms with Crippen molar-refractivity contribution in [2.45, 2.75) is 24.7 Å². The number of hydrogen-bond donors (Lipinski definition) is 1. The van der Waals surface area contributed by atoms with E-state index in [9.17, 15) is 23.3 Å². The van der Waals surface area contributed by atoms with E-state index >= 15 is 0 Å². The standard InChI is InChI=1S/C18H19N3O5S/c1-13-7-8-16(27(25,26)20-9-2-3-10-20)12-17(13)18(22)19-14-5-4-6-15(11-14)21(23)24/h4-8,11-12H,2-3,9-10H2,1H3,(H,19,22). The average Bonchev–Trinajstić information content (AvgIpc) is 3.17. The first kappa shape index (κ1) is 19.0. The van der Waals surface area contributed by atoms with Crippen LogP contribution < -0.4 is 5.32 Å². The van der Waals surface area contributed by atoms with Gasteiger partial charge in [0.15, 0.2) is 0 Å². The second-order valence-corrected chi connectivity index (χ2v) is 8.29. The van der Waals surface area contributed by atoms with Crippen molar-refractivity contribution >= 4 is 27.3 Å². The smallest absolute Gasteiger partial charge is 0.271 e. The van der Waals surface area contributed by atoms with Crippen LogP contribution in [0.2, 0.25) is 0 Å². The van der Waals surface area contributed by atoms with Crippen LogP contribution in [0.15, 0.2) is 47.4 Å². The molecule has 0 saturated carbocycles. The Morgan fingerprint density at radius 2 is 1.85 bits per heavy atom. The Balaban J connectivity index is 1.89. The zero-order chi connectivity index (χ0) is 19.6. The number of carbonyl (C=O) groups is 1. The van der Waals surface area contributed by atoms with Crippen molar-refractivity contribution in [3.63, 3.8) is 0 Å². The predicted molar refractivity (Wildman–Crippen MR) is 100 cm³/mol. The molecule has 9 heteroatoms. The summed E-state index contributed by atoms with van der Waals surface area (Å²) < 4.78 is 26.9. The molecule has 1 fully saturated rings. The van der Waals surface area contributed by atoms with Gasteiger partial charge in [0.2, 0.25) is 10.0 Å². The van der Waals surface area contributed by atoms with Gasteiger partial charge in [0.05, 0.1) is 9.82 Å². The maximum atomic E-state index is 12.7. The van der Waals surface area contributed by atoms with E-state index in [1.807, 2.05) is 0 Å². The quantitative estimate of drug-likeness (QED) is 0.624. The van der Waals surface area contributed by atoms with Gasteiger partial charge in [-0.2, -0.15) is 4.31 Å². The molecule has 27 heavy (non-hydrogen) atoms. The number of nitrogens with one attached hydrogen (secondary N) is 1. The molecule has 2 aromatic carbocycles. The normalized spacial score (nSPS) is 14.9. The number of nitro groups is 1. The lowest BCUT2D eigenvalue weighted by molar-refractivity contribution is -0.384. The number of amides is 1. The van der Waals surface area contributed by atoms with Crippen LogP contribution in [0.25, 0.3) is 0 Å². The maximum absolute atomic E-state index is 12.7. The molecule has 0 spiro atoms. The summed E-state index contributed by atoms with van der Waals surface area (Å²) in [4.78, 5) is 23.0. The summed E-state index contributed by atoms with van der Waals surface area (Å²) in [5.74, 6) is -0.522. The summed E-state index contributed by atoms with van der Waals surface area (Å²) in [6.45, 7) is 2.66. The fraction of sp³-hybridized carbons (Fsp3) is 0.278. The number of nitro benzene ring substituents is 1. The van der Waals surface area contributed by atoms with Crippen molar-refractivity contribution in [2.75, 3.05) is 18.4 Å². The fourth-order valence-corrected chi connectivity index (χ4v) is 4.52. The Labute approximate surface area is 157 Å². The van der Waals surface area contributed by atoms with Crippen molar-refractivity contribution in [3.05, 3.63) is 63.7 Å². The van der Waals surface area contributed by atoms with Crippen LogP contribution >= 0.6 is 0 Å². The first-order valence-corrected chi connectivity index (χ1v) is 9.89. The molecule has 0 bridgehead atoms. The van der Waals surface area contributed by atoms with Crippen molar-refractivity contribution in [1.29, 1.82) is 0 Å². The predicted octanol–water partition coefficient (Wildman–Crippen LogP) is 2.94. The highest BCUT2D eigenvalue weighted by Crippen LogP contribution is 2.24. The van der Waals surface area contributed by atoms with Gasteiger partial charge < -0.3 is 5.32 Å². The molecule has 0 radical (unpaired) electrons. The Morgan fingerprint density at radius 3 is 2.52 bits per heavy atom. The van der Waals surface area contributed by atoms with Gasteiger partial charge in [-0.25, -0.2) is 8.42 Å². The summed E-state index contributed by atoms with van der Waals surface area (Å²) in [5.41, 5.74) is 0.941. The Hall–Kier alpha value is -2.78. The van der Waals surface area contributed by atoms with Gasteiger partial charge in [-0.3, -0.25) is 14.9 Å². The topological polar surface area (TPSA) is 110 Å². The van der Waals surface area contributed by atoms with E-state index in [0.717, 1.165) is 12.8 Å². The van der Waals surface area contributed by atoms with Gasteiger partial charge in [-0.1, -0.05) is 12.1 Å². The summed E-state index contributed by atoms with van der Waals surface area (Å²) in [6.07, 6.45) is 1.65. The van der Waals surface area contributed by atoms with Crippen LogP contribution in [-0.2, 0) is 10.0 Å². The first-order valence-electron chi connectivity index (χ1n) is 8.45. The summed E-state index contributed by atoms with van der Waals surface area (Å²) >= 11 is 0. The van der Waals surface area contributed by atoms with E-state index in [2.05, 4.69) is 5.32 Å². The molecule has 1 aliphatic rings. The van der Waals surface area contributed by atoms with Crippen LogP contribution in [0.3, 0.4) is 0 Å². The number of non-ortho nitro benzene ring substituents is 1. The van der Waals surface area contributed by atoms with Crippen LogP contribution in [0.4, 0.5) is 11.4 Å². The zero-order valence-corrected chi connectivity index (χ0v) is 15.5. The number of carbonyl (C=O) groups excluding carboxylic acids is 1. The third-order valence-corrected chi connectivity index (χ3v) is 6.37. The molecule has 1 amide bonds. The third kappa shape index (κ3) is 3.99. The van der Waals surface area contributed by atoms with E-state index in [1.165, 1.54) is 40.7 Å². The number of nitrogens with zero attached hydrogens (tertiary/aromatic N) is 2. The highest BCUT2D eigenvalue weighted by atomic mass is 32.2. The van der Waals surface area contributed by atoms with E-state index in [0.29, 0.717) is 18.7 Å². The SMILES string of the molecule is Cc1ccc(S(=O)(=O)N2CCCC2)cc1C(=O)Nc1cccc([N+](=O)[O-])c1. The lowest BCUT2D eigenvalue weighted by Gasteiger charge is -2.17. The summed E-state index contributed by atoms with van der Waals surface area (Å²) in [6, 6.07) is 10.0. The molecule has 1 saturated heterocycles. The number of benzene rings is 2. The second kappa shape index (κ2) is 7.45. The Bertz CT molecular complexity index is 998. The van der Waals surface area contributed by atoms with Crippen molar-refractivity contribution < 1.29 is 18.1 Å². The minimum Gasteiger partial charge on any atom is -0.322 e. The molecular weight excluding hydrogens is 370 g/mol. The Kier molecular flexibility index (Phi) is 5.24. The van der Waals surface area contributed by atoms with Crippen LogP contribution in [0, 0.1) is 17.0 Å². The molecule has 3 rings (SSSR count). The van der Waals surface area contributed by atoms with Crippen molar-refractivity contribution in [2.24, 2.45) is 0 Å². The molecule has 142 valence electrons. The average molecular weight is 389 g/mol. The van der Waals surface area contributed by atoms with Gasteiger partial charge in [0.25, 0.3) is 11.6 Å². The van der Waals surface area contributed by atoms with Gasteiger partial charge >= 0.3 is 0 Å². The van der Waals surface area contributed by atoms with E-state index < -0.39 is 20.9 Å². The molecule has 1 aliphatic heterocycles. The molecule has 8 nitrogen and oxygen atoms in total. The molecule has 1 N–H and O–H groups in total. The van der Waals surface area contributed by atoms with Crippen LogP contribution in [-0.4, -0.2) is 36.6 Å². The third-order valence-electron chi connectivity index (χ3n) is 4.47. The largest absolute Gasteiger partial charge is 0.322 e. The number of hydrogen-bond acceptors (Lipinski definition) is 5. The fourth-order valence-electron chi connectivity index (χ4n) is 2.98. The summed E-state index contributed by atoms with van der Waals surface area (Å²) in [5, 5.41) is 13.5. The maximum Gasteiger partial charge on any atom is 0.271 e.